The minimum absolute atomic E-state index is 0.120. The zero-order valence-corrected chi connectivity index (χ0v) is 25.3. The molecule has 0 aromatic rings. The largest absolute Gasteiger partial charge is 0.463 e. The molecular formula is C33H60O6. The van der Waals surface area contributed by atoms with Gasteiger partial charge in [-0.05, 0) is 38.5 Å². The van der Waals surface area contributed by atoms with Gasteiger partial charge in [0.05, 0.1) is 12.2 Å². The second-order valence-electron chi connectivity index (χ2n) is 11.3. The van der Waals surface area contributed by atoms with Crippen LogP contribution in [0.4, 0.5) is 0 Å². The van der Waals surface area contributed by atoms with Gasteiger partial charge in [-0.2, -0.15) is 0 Å². The first kappa shape index (κ1) is 35.6. The van der Waals surface area contributed by atoms with Crippen LogP contribution in [0.2, 0.25) is 0 Å². The molecule has 228 valence electrons. The molecule has 6 heteroatoms. The third-order valence-corrected chi connectivity index (χ3v) is 7.42. The number of unbranched alkanes of at least 4 members (excludes halogenated alkanes) is 15. The molecule has 39 heavy (non-hydrogen) atoms. The summed E-state index contributed by atoms with van der Waals surface area (Å²) in [4.78, 5) is 23.7. The number of aliphatic hydroxyl groups excluding tert-OH is 1. The Balaban J connectivity index is 1.84. The number of epoxide rings is 1. The van der Waals surface area contributed by atoms with Crippen molar-refractivity contribution in [3.05, 3.63) is 12.2 Å². The lowest BCUT2D eigenvalue weighted by atomic mass is 10.1. The average Bonchev–Trinajstić information content (AvgIpc) is 3.68. The topological polar surface area (TPSA) is 85.4 Å². The molecule has 1 saturated heterocycles. The Morgan fingerprint density at radius 2 is 1.15 bits per heavy atom. The van der Waals surface area contributed by atoms with Crippen LogP contribution in [0.3, 0.4) is 0 Å². The molecule has 1 fully saturated rings. The van der Waals surface area contributed by atoms with Gasteiger partial charge in [-0.3, -0.25) is 9.59 Å². The minimum atomic E-state index is -0.965. The first-order chi connectivity index (χ1) is 19.1. The lowest BCUT2D eigenvalue weighted by Gasteiger charge is -2.12. The third kappa shape index (κ3) is 23.0. The Hall–Kier alpha value is -1.40. The summed E-state index contributed by atoms with van der Waals surface area (Å²) in [6, 6.07) is 0. The van der Waals surface area contributed by atoms with Crippen LogP contribution in [0.15, 0.2) is 12.2 Å². The normalized spacial score (nSPS) is 17.4. The minimum Gasteiger partial charge on any atom is -0.463 e. The number of esters is 2. The van der Waals surface area contributed by atoms with Crippen molar-refractivity contribution in [2.24, 2.45) is 0 Å². The van der Waals surface area contributed by atoms with Crippen molar-refractivity contribution in [3.8, 4) is 0 Å². The van der Waals surface area contributed by atoms with Crippen LogP contribution < -0.4 is 0 Å². The molecule has 0 saturated carbocycles. The van der Waals surface area contributed by atoms with Crippen LogP contribution in [0.1, 0.15) is 155 Å². The van der Waals surface area contributed by atoms with E-state index in [2.05, 4.69) is 26.0 Å². The van der Waals surface area contributed by atoms with Gasteiger partial charge in [0.25, 0.3) is 0 Å². The van der Waals surface area contributed by atoms with Crippen molar-refractivity contribution in [1.29, 1.82) is 0 Å². The van der Waals surface area contributed by atoms with Crippen molar-refractivity contribution < 1.29 is 28.9 Å². The first-order valence-corrected chi connectivity index (χ1v) is 16.4. The van der Waals surface area contributed by atoms with Gasteiger partial charge in [0.15, 0.2) is 0 Å². The number of ether oxygens (including phenoxy) is 3. The highest BCUT2D eigenvalue weighted by atomic mass is 16.6. The summed E-state index contributed by atoms with van der Waals surface area (Å²) in [5, 5.41) is 9.93. The second-order valence-corrected chi connectivity index (χ2v) is 11.3. The molecule has 1 rings (SSSR count). The summed E-state index contributed by atoms with van der Waals surface area (Å²) in [6.07, 6.45) is 28.6. The zero-order valence-electron chi connectivity index (χ0n) is 25.3. The molecule has 0 aromatic heterocycles. The zero-order chi connectivity index (χ0) is 28.4. The summed E-state index contributed by atoms with van der Waals surface area (Å²) in [5.41, 5.74) is 0. The fraction of sp³-hybridized carbons (Fsp3) is 0.879. The maximum atomic E-state index is 11.9. The predicted octanol–water partition coefficient (Wildman–Crippen LogP) is 8.38. The van der Waals surface area contributed by atoms with Gasteiger partial charge in [0.1, 0.15) is 19.3 Å². The van der Waals surface area contributed by atoms with Crippen LogP contribution in [-0.4, -0.2) is 48.6 Å². The number of rotatable bonds is 28. The Labute approximate surface area is 239 Å². The van der Waals surface area contributed by atoms with Crippen LogP contribution >= 0.6 is 0 Å². The van der Waals surface area contributed by atoms with Gasteiger partial charge in [0, 0.05) is 12.8 Å². The standard InChI is InChI=1S/C33H60O6/c1-3-5-7-8-9-10-14-17-21-25-32(35)37-27-29(34)28-38-33(36)26-22-18-15-12-11-13-16-20-24-31-30(39-31)23-19-6-4-2/h16,20,29-31,34H,3-15,17-19,21-28H2,1-2H3/b20-16-/t29-,30?,31?/m1/s1. The van der Waals surface area contributed by atoms with E-state index >= 15 is 0 Å². The van der Waals surface area contributed by atoms with Gasteiger partial charge >= 0.3 is 11.9 Å². The smallest absolute Gasteiger partial charge is 0.305 e. The fourth-order valence-electron chi connectivity index (χ4n) is 4.80. The highest BCUT2D eigenvalue weighted by Crippen LogP contribution is 2.30. The van der Waals surface area contributed by atoms with E-state index in [-0.39, 0.29) is 25.2 Å². The molecule has 0 radical (unpaired) electrons. The highest BCUT2D eigenvalue weighted by molar-refractivity contribution is 5.69. The van der Waals surface area contributed by atoms with Gasteiger partial charge in [-0.15, -0.1) is 0 Å². The molecule has 0 aliphatic carbocycles. The Kier molecular flexibility index (Phi) is 23.3. The van der Waals surface area contributed by atoms with Crippen molar-refractivity contribution in [1.82, 2.24) is 0 Å². The number of hydrogen-bond donors (Lipinski definition) is 1. The summed E-state index contributed by atoms with van der Waals surface area (Å²) < 4.78 is 16.0. The van der Waals surface area contributed by atoms with Gasteiger partial charge in [-0.25, -0.2) is 0 Å². The summed E-state index contributed by atoms with van der Waals surface area (Å²) >= 11 is 0. The van der Waals surface area contributed by atoms with E-state index in [4.69, 9.17) is 14.2 Å². The molecule has 1 aliphatic heterocycles. The second kappa shape index (κ2) is 25.6. The number of allylic oxidation sites excluding steroid dienone is 1. The Bertz CT molecular complexity index is 619. The molecule has 1 heterocycles. The predicted molar refractivity (Wildman–Crippen MR) is 159 cm³/mol. The number of carbonyl (C=O) groups is 2. The quantitative estimate of drug-likeness (QED) is 0.0454. The Morgan fingerprint density at radius 1 is 0.667 bits per heavy atom. The molecule has 3 atom stereocenters. The van der Waals surface area contributed by atoms with E-state index < -0.39 is 6.10 Å². The van der Waals surface area contributed by atoms with Gasteiger partial charge in [0.2, 0.25) is 0 Å². The molecule has 0 amide bonds. The van der Waals surface area contributed by atoms with Crippen LogP contribution in [-0.2, 0) is 23.8 Å². The van der Waals surface area contributed by atoms with Crippen LogP contribution in [0, 0.1) is 0 Å². The highest BCUT2D eigenvalue weighted by Gasteiger charge is 2.36. The fourth-order valence-corrected chi connectivity index (χ4v) is 4.80. The van der Waals surface area contributed by atoms with Crippen molar-refractivity contribution >= 4 is 11.9 Å². The maximum Gasteiger partial charge on any atom is 0.305 e. The number of aliphatic hydroxyl groups is 1. The molecule has 6 nitrogen and oxygen atoms in total. The first-order valence-electron chi connectivity index (χ1n) is 16.4. The molecule has 2 unspecified atom stereocenters. The van der Waals surface area contributed by atoms with Gasteiger partial charge < -0.3 is 19.3 Å². The van der Waals surface area contributed by atoms with Crippen molar-refractivity contribution in [2.75, 3.05) is 13.2 Å². The summed E-state index contributed by atoms with van der Waals surface area (Å²) in [6.45, 7) is 4.22. The molecule has 0 bridgehead atoms. The molecule has 1 aliphatic rings. The average molecular weight is 553 g/mol. The van der Waals surface area contributed by atoms with Gasteiger partial charge in [-0.1, -0.05) is 116 Å². The lowest BCUT2D eigenvalue weighted by Crippen LogP contribution is -2.25. The number of carbonyl (C=O) groups excluding carboxylic acids is 2. The third-order valence-electron chi connectivity index (χ3n) is 7.42. The summed E-state index contributed by atoms with van der Waals surface area (Å²) in [5.74, 6) is -0.588. The summed E-state index contributed by atoms with van der Waals surface area (Å²) in [7, 11) is 0. The monoisotopic (exact) mass is 552 g/mol. The van der Waals surface area contributed by atoms with E-state index in [1.54, 1.807) is 0 Å². The SMILES string of the molecule is CCCCCCCCCCCC(=O)OC[C@@H](O)COC(=O)CCCCCCC/C=C\CC1OC1CCCCC. The van der Waals surface area contributed by atoms with E-state index in [1.165, 1.54) is 77.0 Å². The molecule has 1 N–H and O–H groups in total. The van der Waals surface area contributed by atoms with E-state index in [1.807, 2.05) is 0 Å². The van der Waals surface area contributed by atoms with Crippen LogP contribution in [0.25, 0.3) is 0 Å². The van der Waals surface area contributed by atoms with Crippen molar-refractivity contribution in [3.63, 3.8) is 0 Å². The Morgan fingerprint density at radius 3 is 1.72 bits per heavy atom. The van der Waals surface area contributed by atoms with E-state index in [0.717, 1.165) is 51.4 Å². The number of hydrogen-bond acceptors (Lipinski definition) is 6. The molecule has 0 spiro atoms. The maximum absolute atomic E-state index is 11.9. The lowest BCUT2D eigenvalue weighted by molar-refractivity contribution is -0.152. The van der Waals surface area contributed by atoms with E-state index in [0.29, 0.717) is 25.0 Å². The van der Waals surface area contributed by atoms with Crippen molar-refractivity contribution in [2.45, 2.75) is 173 Å². The molecule has 0 aromatic carbocycles. The van der Waals surface area contributed by atoms with Crippen LogP contribution in [0.5, 0.6) is 0 Å². The molecular weight excluding hydrogens is 492 g/mol. The van der Waals surface area contributed by atoms with E-state index in [9.17, 15) is 14.7 Å².